The highest BCUT2D eigenvalue weighted by atomic mass is 35.6. The molecule has 0 bridgehead atoms. The molecule has 1 N–H and O–H groups in total. The molecule has 0 spiro atoms. The molecule has 34 heavy (non-hydrogen) atoms. The first-order valence-corrected chi connectivity index (χ1v) is 12.4. The molecule has 1 fully saturated rings. The van der Waals surface area contributed by atoms with Gasteiger partial charge in [0.05, 0.1) is 5.92 Å². The van der Waals surface area contributed by atoms with Crippen LogP contribution in [0, 0.1) is 0 Å². The van der Waals surface area contributed by atoms with Crippen LogP contribution >= 0.6 is 34.8 Å². The summed E-state index contributed by atoms with van der Waals surface area (Å²) in [5.41, 5.74) is 2.77. The van der Waals surface area contributed by atoms with Crippen LogP contribution in [-0.4, -0.2) is 37.2 Å². The summed E-state index contributed by atoms with van der Waals surface area (Å²) in [4.78, 5) is 28.5. The average Bonchev–Trinajstić information content (AvgIpc) is 3.25. The molecule has 0 radical (unpaired) electrons. The van der Waals surface area contributed by atoms with Gasteiger partial charge in [-0.25, -0.2) is 0 Å². The minimum Gasteiger partial charge on any atom is -0.350 e. The van der Waals surface area contributed by atoms with Crippen molar-refractivity contribution in [3.05, 3.63) is 71.9 Å². The van der Waals surface area contributed by atoms with Crippen LogP contribution < -0.4 is 5.32 Å². The first kappa shape index (κ1) is 26.4. The number of carbonyl (C=O) groups is 2. The third kappa shape index (κ3) is 6.47. The molecule has 5 nitrogen and oxygen atoms in total. The van der Waals surface area contributed by atoms with Crippen LogP contribution in [0.3, 0.4) is 0 Å². The molecule has 0 aliphatic carbocycles. The Morgan fingerprint density at radius 2 is 1.65 bits per heavy atom. The van der Waals surface area contributed by atoms with Gasteiger partial charge in [-0.2, -0.15) is 0 Å². The quantitative estimate of drug-likeness (QED) is 0.430. The summed E-state index contributed by atoms with van der Waals surface area (Å²) in [5.74, 6) is -0.394. The molecule has 1 aliphatic rings. The molecule has 2 amide bonds. The highest BCUT2D eigenvalue weighted by molar-refractivity contribution is 6.63. The Morgan fingerprint density at radius 1 is 1.06 bits per heavy atom. The van der Waals surface area contributed by atoms with Crippen LogP contribution in [0.2, 0.25) is 0 Å². The van der Waals surface area contributed by atoms with Gasteiger partial charge in [-0.05, 0) is 44.4 Å². The maximum Gasteiger partial charge on any atom is 0.243 e. The SMILES string of the molecule is ClC(Cl)Cl.Cn1cc([C@H]2C[C@@H](C(=O)NC(C)(C)C)N(Cc3ccccc3)C2=O)c2ccccc21. The standard InChI is InChI=1S/C25H29N3O2.CHCl3/c1-25(2,3)26-23(29)22-14-19(20-16-27(4)21-13-9-8-12-18(20)21)24(30)28(22)15-17-10-6-5-7-11-17;2-1(3)4/h5-13,16,19,22H,14-15H2,1-4H3,(H,26,29);1H/t19-,22+;/m1./s1. The van der Waals surface area contributed by atoms with Crippen molar-refractivity contribution in [3.8, 4) is 0 Å². The van der Waals surface area contributed by atoms with Gasteiger partial charge in [0.2, 0.25) is 11.8 Å². The van der Waals surface area contributed by atoms with E-state index >= 15 is 0 Å². The van der Waals surface area contributed by atoms with E-state index in [0.29, 0.717) is 13.0 Å². The third-order valence-electron chi connectivity index (χ3n) is 5.72. The number of hydrogen-bond acceptors (Lipinski definition) is 2. The molecular weight excluding hydrogens is 493 g/mol. The maximum atomic E-state index is 13.6. The van der Waals surface area contributed by atoms with Crippen LogP contribution in [0.1, 0.15) is 44.2 Å². The summed E-state index contributed by atoms with van der Waals surface area (Å²) in [6.07, 6.45) is 2.53. The summed E-state index contributed by atoms with van der Waals surface area (Å²) in [6, 6.07) is 17.5. The summed E-state index contributed by atoms with van der Waals surface area (Å²) in [7, 11) is 2.00. The molecule has 2 atom stereocenters. The lowest BCUT2D eigenvalue weighted by Crippen LogP contribution is -2.50. The Balaban J connectivity index is 0.000000751. The van der Waals surface area contributed by atoms with Crippen LogP contribution in [0.25, 0.3) is 10.9 Å². The number of amides is 2. The molecule has 0 unspecified atom stereocenters. The molecule has 1 aromatic heterocycles. The molecule has 1 saturated heterocycles. The average molecular weight is 523 g/mol. The van der Waals surface area contributed by atoms with E-state index in [-0.39, 0.29) is 23.3 Å². The van der Waals surface area contributed by atoms with Gasteiger partial charge in [0.1, 0.15) is 6.04 Å². The maximum absolute atomic E-state index is 13.6. The molecule has 1 aliphatic heterocycles. The molecule has 3 aromatic rings. The van der Waals surface area contributed by atoms with Gasteiger partial charge in [0.25, 0.3) is 0 Å². The minimum absolute atomic E-state index is 0.0178. The molecule has 182 valence electrons. The lowest BCUT2D eigenvalue weighted by Gasteiger charge is -2.28. The summed E-state index contributed by atoms with van der Waals surface area (Å²) < 4.78 is 1.31. The van der Waals surface area contributed by atoms with Gasteiger partial charge in [0.15, 0.2) is 4.30 Å². The third-order valence-corrected chi connectivity index (χ3v) is 5.72. The van der Waals surface area contributed by atoms with E-state index in [1.807, 2.05) is 76.5 Å². The predicted octanol–water partition coefficient (Wildman–Crippen LogP) is 5.96. The first-order valence-electron chi connectivity index (χ1n) is 11.1. The fourth-order valence-electron chi connectivity index (χ4n) is 4.39. The van der Waals surface area contributed by atoms with E-state index in [1.54, 1.807) is 4.90 Å². The number of nitrogens with one attached hydrogen (secondary N) is 1. The number of nitrogens with zero attached hydrogens (tertiary/aromatic N) is 2. The fraction of sp³-hybridized carbons (Fsp3) is 0.385. The number of rotatable bonds is 4. The van der Waals surface area contributed by atoms with E-state index in [9.17, 15) is 9.59 Å². The first-order chi connectivity index (χ1) is 16.0. The van der Waals surface area contributed by atoms with Crippen molar-refractivity contribution >= 4 is 57.5 Å². The largest absolute Gasteiger partial charge is 0.350 e. The van der Waals surface area contributed by atoms with E-state index in [2.05, 4.69) is 22.0 Å². The van der Waals surface area contributed by atoms with E-state index < -0.39 is 10.3 Å². The zero-order valence-corrected chi connectivity index (χ0v) is 22.0. The van der Waals surface area contributed by atoms with Gasteiger partial charge in [-0.1, -0.05) is 83.3 Å². The second kappa shape index (κ2) is 11.0. The van der Waals surface area contributed by atoms with Crippen molar-refractivity contribution in [2.45, 2.75) is 55.5 Å². The van der Waals surface area contributed by atoms with Crippen molar-refractivity contribution < 1.29 is 9.59 Å². The van der Waals surface area contributed by atoms with Crippen molar-refractivity contribution in [1.29, 1.82) is 0 Å². The normalized spacial score (nSPS) is 18.2. The zero-order chi connectivity index (χ0) is 25.0. The zero-order valence-electron chi connectivity index (χ0n) is 19.8. The molecular formula is C26H30Cl3N3O2. The number of aromatic nitrogens is 1. The van der Waals surface area contributed by atoms with Gasteiger partial charge in [-0.3, -0.25) is 9.59 Å². The number of hydrogen-bond donors (Lipinski definition) is 1. The van der Waals surface area contributed by atoms with Gasteiger partial charge < -0.3 is 14.8 Å². The number of alkyl halides is 3. The number of likely N-dealkylation sites (tertiary alicyclic amines) is 1. The van der Waals surface area contributed by atoms with Crippen molar-refractivity contribution in [2.24, 2.45) is 7.05 Å². The molecule has 8 heteroatoms. The second-order valence-corrected chi connectivity index (χ2v) is 11.4. The minimum atomic E-state index is -0.750. The van der Waals surface area contributed by atoms with Gasteiger partial charge in [0, 0.05) is 36.2 Å². The van der Waals surface area contributed by atoms with Crippen LogP contribution in [0.5, 0.6) is 0 Å². The summed E-state index contributed by atoms with van der Waals surface area (Å²) in [6.45, 7) is 6.32. The Labute approximate surface area is 216 Å². The predicted molar refractivity (Wildman–Crippen MR) is 140 cm³/mol. The second-order valence-electron chi connectivity index (χ2n) is 9.46. The number of fused-ring (bicyclic) bond motifs is 1. The number of halogens is 3. The van der Waals surface area contributed by atoms with Crippen molar-refractivity contribution in [2.75, 3.05) is 0 Å². The Kier molecular flexibility index (Phi) is 8.56. The van der Waals surface area contributed by atoms with Crippen LogP contribution in [0.15, 0.2) is 60.8 Å². The molecule has 4 rings (SSSR count). The number of benzene rings is 2. The Bertz CT molecular complexity index is 1140. The van der Waals surface area contributed by atoms with E-state index in [4.69, 9.17) is 34.8 Å². The summed E-state index contributed by atoms with van der Waals surface area (Å²) >= 11 is 14.4. The van der Waals surface area contributed by atoms with Gasteiger partial charge >= 0.3 is 0 Å². The van der Waals surface area contributed by atoms with Crippen LogP contribution in [-0.2, 0) is 23.2 Å². The number of para-hydroxylation sites is 1. The highest BCUT2D eigenvalue weighted by Crippen LogP contribution is 2.38. The topological polar surface area (TPSA) is 54.3 Å². The molecule has 2 heterocycles. The highest BCUT2D eigenvalue weighted by Gasteiger charge is 2.45. The number of aryl methyl sites for hydroxylation is 1. The Hall–Kier alpha value is -2.21. The van der Waals surface area contributed by atoms with E-state index in [0.717, 1.165) is 22.0 Å². The molecule has 2 aromatic carbocycles. The van der Waals surface area contributed by atoms with Crippen molar-refractivity contribution in [3.63, 3.8) is 0 Å². The number of carbonyl (C=O) groups excluding carboxylic acids is 2. The van der Waals surface area contributed by atoms with Crippen molar-refractivity contribution in [1.82, 2.24) is 14.8 Å². The lowest BCUT2D eigenvalue weighted by molar-refractivity contribution is -0.137. The Morgan fingerprint density at radius 3 is 2.26 bits per heavy atom. The smallest absolute Gasteiger partial charge is 0.243 e. The van der Waals surface area contributed by atoms with Crippen LogP contribution in [0.4, 0.5) is 0 Å². The van der Waals surface area contributed by atoms with Gasteiger partial charge in [-0.15, -0.1) is 0 Å². The monoisotopic (exact) mass is 521 g/mol. The lowest BCUT2D eigenvalue weighted by atomic mass is 9.95. The fourth-order valence-corrected chi connectivity index (χ4v) is 4.39. The van der Waals surface area contributed by atoms with E-state index in [1.165, 1.54) is 0 Å². The molecule has 0 saturated carbocycles. The summed E-state index contributed by atoms with van der Waals surface area (Å²) in [5, 5.41) is 4.15.